The number of piperazine rings is 1. The summed E-state index contributed by atoms with van der Waals surface area (Å²) < 4.78 is 26.2. The molecule has 24 heavy (non-hydrogen) atoms. The van der Waals surface area contributed by atoms with Crippen LogP contribution in [0.2, 0.25) is 0 Å². The maximum Gasteiger partial charge on any atom is 0.254 e. The number of rotatable bonds is 4. The summed E-state index contributed by atoms with van der Waals surface area (Å²) in [5, 5.41) is 3.24. The van der Waals surface area contributed by atoms with Gasteiger partial charge in [0.1, 0.15) is 0 Å². The van der Waals surface area contributed by atoms with Crippen molar-refractivity contribution < 1.29 is 13.2 Å². The second kappa shape index (κ2) is 8.29. The molecule has 1 aromatic carbocycles. The minimum Gasteiger partial charge on any atom is -0.333 e. The van der Waals surface area contributed by atoms with Crippen LogP contribution in [0, 0.1) is 0 Å². The Balaban J connectivity index is 0.00000288. The van der Waals surface area contributed by atoms with E-state index in [-0.39, 0.29) is 35.3 Å². The first-order valence-corrected chi connectivity index (χ1v) is 9.29. The fourth-order valence-corrected chi connectivity index (χ4v) is 3.89. The van der Waals surface area contributed by atoms with Crippen LogP contribution in [0.4, 0.5) is 0 Å². The Kier molecular flexibility index (Phi) is 7.22. The first-order chi connectivity index (χ1) is 10.7. The normalized spacial score (nSPS) is 18.6. The lowest BCUT2D eigenvalue weighted by Crippen LogP contribution is -2.52. The highest BCUT2D eigenvalue weighted by molar-refractivity contribution is 7.89. The molecule has 1 N–H and O–H groups in total. The molecule has 6 nitrogen and oxygen atoms in total. The summed E-state index contributed by atoms with van der Waals surface area (Å²) in [5.41, 5.74) is 0.518. The molecule has 1 aliphatic heterocycles. The van der Waals surface area contributed by atoms with Crippen molar-refractivity contribution in [2.45, 2.75) is 37.8 Å². The van der Waals surface area contributed by atoms with E-state index in [1.165, 1.54) is 16.4 Å². The van der Waals surface area contributed by atoms with Crippen LogP contribution in [0.15, 0.2) is 29.2 Å². The molecular formula is C16H26ClN3O3S. The highest BCUT2D eigenvalue weighted by atomic mass is 35.5. The number of nitrogens with zero attached hydrogens (tertiary/aromatic N) is 2. The van der Waals surface area contributed by atoms with Crippen LogP contribution in [0.1, 0.15) is 31.1 Å². The Hall–Kier alpha value is -1.15. The number of amides is 1. The van der Waals surface area contributed by atoms with E-state index >= 15 is 0 Å². The van der Waals surface area contributed by atoms with Crippen molar-refractivity contribution in [2.24, 2.45) is 0 Å². The Morgan fingerprint density at radius 2 is 1.88 bits per heavy atom. The minimum absolute atomic E-state index is 0. The van der Waals surface area contributed by atoms with Crippen LogP contribution in [-0.4, -0.2) is 62.3 Å². The fourth-order valence-electron chi connectivity index (χ4n) is 2.52. The molecule has 0 unspecified atom stereocenters. The summed E-state index contributed by atoms with van der Waals surface area (Å²) in [6, 6.07) is 6.22. The first kappa shape index (κ1) is 20.9. The van der Waals surface area contributed by atoms with E-state index in [0.717, 1.165) is 13.1 Å². The van der Waals surface area contributed by atoms with Gasteiger partial charge in [-0.1, -0.05) is 0 Å². The number of halogens is 1. The van der Waals surface area contributed by atoms with Crippen LogP contribution >= 0.6 is 12.4 Å². The summed E-state index contributed by atoms with van der Waals surface area (Å²) in [4.78, 5) is 14.6. The maximum absolute atomic E-state index is 12.6. The van der Waals surface area contributed by atoms with E-state index in [2.05, 4.69) is 5.32 Å². The zero-order valence-corrected chi connectivity index (χ0v) is 16.2. The molecule has 1 aromatic rings. The Morgan fingerprint density at radius 3 is 2.38 bits per heavy atom. The van der Waals surface area contributed by atoms with Gasteiger partial charge in [-0.3, -0.25) is 4.79 Å². The van der Waals surface area contributed by atoms with Crippen molar-refractivity contribution in [3.05, 3.63) is 29.8 Å². The average Bonchev–Trinajstić information content (AvgIpc) is 2.54. The highest BCUT2D eigenvalue weighted by Gasteiger charge is 2.26. The van der Waals surface area contributed by atoms with E-state index in [4.69, 9.17) is 0 Å². The molecule has 1 amide bonds. The summed E-state index contributed by atoms with van der Waals surface area (Å²) >= 11 is 0. The molecule has 0 saturated carbocycles. The van der Waals surface area contributed by atoms with Crippen LogP contribution in [0.3, 0.4) is 0 Å². The molecule has 8 heteroatoms. The third kappa shape index (κ3) is 4.27. The van der Waals surface area contributed by atoms with Crippen molar-refractivity contribution in [1.29, 1.82) is 0 Å². The second-order valence-corrected chi connectivity index (χ2v) is 8.19. The standard InChI is InChI=1S/C16H25N3O3S.ClH/c1-12(2)18(4)23(21,22)15-7-5-14(6-8-15)16(20)19-10-9-17-11-13(19)3;/h5-8,12-13,17H,9-11H2,1-4H3;1H/t13-;/m1./s1. The van der Waals surface area contributed by atoms with Crippen molar-refractivity contribution in [3.63, 3.8) is 0 Å². The Bertz CT molecular complexity index is 662. The lowest BCUT2D eigenvalue weighted by molar-refractivity contribution is 0.0655. The highest BCUT2D eigenvalue weighted by Crippen LogP contribution is 2.18. The van der Waals surface area contributed by atoms with Crippen molar-refractivity contribution in [3.8, 4) is 0 Å². The summed E-state index contributed by atoms with van der Waals surface area (Å²) in [7, 11) is -1.96. The lowest BCUT2D eigenvalue weighted by atomic mass is 10.1. The van der Waals surface area contributed by atoms with E-state index in [9.17, 15) is 13.2 Å². The Labute approximate surface area is 150 Å². The molecule has 136 valence electrons. The largest absolute Gasteiger partial charge is 0.333 e. The van der Waals surface area contributed by atoms with E-state index in [1.807, 2.05) is 25.7 Å². The summed E-state index contributed by atoms with van der Waals surface area (Å²) in [6.45, 7) is 7.86. The zero-order valence-electron chi connectivity index (χ0n) is 14.5. The van der Waals surface area contributed by atoms with Crippen LogP contribution in [0.5, 0.6) is 0 Å². The number of hydrogen-bond acceptors (Lipinski definition) is 4. The molecule has 2 rings (SSSR count). The molecule has 1 atom stereocenters. The summed E-state index contributed by atoms with van der Waals surface area (Å²) in [5.74, 6) is -0.0554. The predicted molar refractivity (Wildman–Crippen MR) is 97.1 cm³/mol. The molecule has 1 aliphatic rings. The molecule has 1 heterocycles. The van der Waals surface area contributed by atoms with Gasteiger partial charge in [0, 0.05) is 44.3 Å². The SMILES string of the molecule is CC(C)N(C)S(=O)(=O)c1ccc(C(=O)N2CCNC[C@H]2C)cc1.Cl. The van der Waals surface area contributed by atoms with Gasteiger partial charge in [0.2, 0.25) is 10.0 Å². The topological polar surface area (TPSA) is 69.7 Å². The van der Waals surface area contributed by atoms with Crippen LogP contribution in [0.25, 0.3) is 0 Å². The molecule has 0 bridgehead atoms. The van der Waals surface area contributed by atoms with Crippen molar-refractivity contribution in [1.82, 2.24) is 14.5 Å². The lowest BCUT2D eigenvalue weighted by Gasteiger charge is -2.34. The molecule has 0 spiro atoms. The van der Waals surface area contributed by atoms with Gasteiger partial charge in [0.25, 0.3) is 5.91 Å². The quantitative estimate of drug-likeness (QED) is 0.867. The van der Waals surface area contributed by atoms with Crippen molar-refractivity contribution in [2.75, 3.05) is 26.7 Å². The van der Waals surface area contributed by atoms with E-state index < -0.39 is 10.0 Å². The fraction of sp³-hybridized carbons (Fsp3) is 0.562. The van der Waals surface area contributed by atoms with Gasteiger partial charge in [0.05, 0.1) is 4.90 Å². The zero-order chi connectivity index (χ0) is 17.2. The van der Waals surface area contributed by atoms with E-state index in [0.29, 0.717) is 12.1 Å². The van der Waals surface area contributed by atoms with Gasteiger partial charge in [0.15, 0.2) is 0 Å². The van der Waals surface area contributed by atoms with Gasteiger partial charge in [-0.2, -0.15) is 4.31 Å². The molecular weight excluding hydrogens is 350 g/mol. The van der Waals surface area contributed by atoms with E-state index in [1.54, 1.807) is 19.2 Å². The second-order valence-electron chi connectivity index (χ2n) is 6.19. The molecule has 0 aromatic heterocycles. The number of carbonyl (C=O) groups excluding carboxylic acids is 1. The molecule has 1 saturated heterocycles. The van der Waals surface area contributed by atoms with Gasteiger partial charge in [-0.15, -0.1) is 12.4 Å². The number of benzene rings is 1. The monoisotopic (exact) mass is 375 g/mol. The van der Waals surface area contributed by atoms with Gasteiger partial charge in [-0.25, -0.2) is 8.42 Å². The third-order valence-corrected chi connectivity index (χ3v) is 6.32. The minimum atomic E-state index is -3.52. The smallest absolute Gasteiger partial charge is 0.254 e. The number of hydrogen-bond donors (Lipinski definition) is 1. The Morgan fingerprint density at radius 1 is 1.29 bits per heavy atom. The molecule has 0 radical (unpaired) electrons. The number of sulfonamides is 1. The third-order valence-electron chi connectivity index (χ3n) is 4.27. The molecule has 1 fully saturated rings. The maximum atomic E-state index is 12.6. The predicted octanol–water partition coefficient (Wildman–Crippen LogP) is 1.57. The summed E-state index contributed by atoms with van der Waals surface area (Å²) in [6.07, 6.45) is 0. The van der Waals surface area contributed by atoms with Gasteiger partial charge in [-0.05, 0) is 45.0 Å². The average molecular weight is 376 g/mol. The van der Waals surface area contributed by atoms with Crippen molar-refractivity contribution >= 4 is 28.3 Å². The van der Waals surface area contributed by atoms with Gasteiger partial charge < -0.3 is 10.2 Å². The van der Waals surface area contributed by atoms with Crippen LogP contribution < -0.4 is 5.32 Å². The van der Waals surface area contributed by atoms with Gasteiger partial charge >= 0.3 is 0 Å². The van der Waals surface area contributed by atoms with Crippen LogP contribution in [-0.2, 0) is 10.0 Å². The number of carbonyl (C=O) groups is 1. The number of nitrogens with one attached hydrogen (secondary N) is 1. The molecule has 0 aliphatic carbocycles. The first-order valence-electron chi connectivity index (χ1n) is 7.85.